The molecule has 3 N–H and O–H groups in total. The number of amides is 3. The van der Waals surface area contributed by atoms with E-state index in [9.17, 15) is 62.7 Å². The van der Waals surface area contributed by atoms with Gasteiger partial charge in [-0.05, 0) is 135 Å². The van der Waals surface area contributed by atoms with Crippen LogP contribution in [0.1, 0.15) is 125 Å². The molecule has 3 aromatic carbocycles. The number of carbonyl (C=O) groups is 3. The summed E-state index contributed by atoms with van der Waals surface area (Å²) in [7, 11) is 0. The van der Waals surface area contributed by atoms with Crippen LogP contribution in [0.4, 0.5) is 65.9 Å². The van der Waals surface area contributed by atoms with E-state index in [1.807, 2.05) is 19.9 Å². The number of rotatable bonds is 12. The van der Waals surface area contributed by atoms with Gasteiger partial charge in [-0.1, -0.05) is 17.7 Å². The molecular weight excluding hydrogens is 1320 g/mol. The van der Waals surface area contributed by atoms with E-state index >= 15 is 0 Å². The summed E-state index contributed by atoms with van der Waals surface area (Å²) in [6.45, 7) is 11.6. The molecule has 0 unspecified atom stereocenters. The van der Waals surface area contributed by atoms with Crippen molar-refractivity contribution in [1.82, 2.24) is 84.6 Å². The molecule has 3 saturated heterocycles. The standard InChI is InChI=1S/C23H22F4N6O.C22H24F3N7O.C20H19F4N7O/c1-13-11-19(32-22(30-13)23(25,26)27)31-18-5-3-10-33(14(18)2)21(34)17-12-15(24)6-7-16(17)20-28-8-4-9-29-20;1-13-6-7-18(32-26-8-9-27-32)16(11-13)20(33)31-10-4-5-17(15(31)3)29-19-12-14(2)28-21(30-19)22(23,24)25;1-12-14(28-19-25-8-7-16(29-19)20(22,23)24)5-3-11-30(12)18(32)17-13(21)4-2-6-15(17)31-26-9-10-27-31/h4,6-9,11-12,14,18H,3,5,10H2,1-2H3,(H,30,31,32);6-9,11-12,15,17H,4-5,10H2,1-3H3,(H,28,29,30);2,4,6-10,12,14H,3,5,11H2,1H3,(H,25,28,29)/t14-,18+;15-,17+;12-,14+/m000/s1. The molecule has 0 saturated carbocycles. The molecule has 0 bridgehead atoms. The van der Waals surface area contributed by atoms with Crippen molar-refractivity contribution in [2.24, 2.45) is 0 Å². The summed E-state index contributed by atoms with van der Waals surface area (Å²) in [5.41, 5.74) is 1.83. The summed E-state index contributed by atoms with van der Waals surface area (Å²) in [6.07, 6.45) is -0.149. The molecule has 0 aliphatic carbocycles. The molecular formula is C65H65F11N20O3. The molecule has 6 aromatic heterocycles. The van der Waals surface area contributed by atoms with Gasteiger partial charge in [0, 0.05) is 104 Å². The summed E-state index contributed by atoms with van der Waals surface area (Å²) in [5, 5.41) is 25.3. The van der Waals surface area contributed by atoms with Gasteiger partial charge in [0.1, 0.15) is 40.2 Å². The lowest BCUT2D eigenvalue weighted by Gasteiger charge is -2.40. The number of aryl methyl sites for hydroxylation is 3. The highest BCUT2D eigenvalue weighted by Gasteiger charge is 2.41. The van der Waals surface area contributed by atoms with Gasteiger partial charge in [0.25, 0.3) is 17.7 Å². The summed E-state index contributed by atoms with van der Waals surface area (Å²) in [6, 6.07) is 16.6. The van der Waals surface area contributed by atoms with Crippen molar-refractivity contribution in [3.8, 4) is 22.8 Å². The lowest BCUT2D eigenvalue weighted by molar-refractivity contribution is -0.145. The van der Waals surface area contributed by atoms with E-state index in [1.54, 1.807) is 41.8 Å². The SMILES string of the molecule is C[C@H]1[C@H](Nc2nccc(C(F)(F)F)n2)CCCN1C(=O)c1c(F)cccc1-n1nccn1.Cc1cc(N[C@@H]2CCCN(C(=O)c3cc(F)ccc3-c3ncccn3)[C@H]2C)nc(C(F)(F)F)n1.Cc1ccc(-n2nccn2)c(C(=O)N2CCC[C@@H](Nc3cc(C)nc(C(F)(F)F)n3)[C@@H]2C)c1. The van der Waals surface area contributed by atoms with Gasteiger partial charge in [0.05, 0.1) is 41.6 Å². The predicted octanol–water partition coefficient (Wildman–Crippen LogP) is 11.6. The van der Waals surface area contributed by atoms with E-state index in [2.05, 4.69) is 76.2 Å². The molecule has 0 radical (unpaired) electrons. The largest absolute Gasteiger partial charge is 0.451 e. The topological polar surface area (TPSA) is 262 Å². The van der Waals surface area contributed by atoms with Crippen LogP contribution in [0, 0.1) is 32.4 Å². The zero-order chi connectivity index (χ0) is 71.1. The lowest BCUT2D eigenvalue weighted by atomic mass is 9.95. The number of carbonyl (C=O) groups excluding carboxylic acids is 3. The van der Waals surface area contributed by atoms with Gasteiger partial charge in [0.15, 0.2) is 5.82 Å². The molecule has 0 spiro atoms. The predicted molar refractivity (Wildman–Crippen MR) is 337 cm³/mol. The van der Waals surface area contributed by atoms with Crippen molar-refractivity contribution in [2.45, 2.75) is 135 Å². The molecule has 3 amide bonds. The molecule has 99 heavy (non-hydrogen) atoms. The summed E-state index contributed by atoms with van der Waals surface area (Å²) < 4.78 is 146. The Morgan fingerprint density at radius 1 is 0.475 bits per heavy atom. The van der Waals surface area contributed by atoms with Crippen LogP contribution in [0.3, 0.4) is 0 Å². The number of nitrogens with zero attached hydrogens (tertiary/aromatic N) is 17. The highest BCUT2D eigenvalue weighted by molar-refractivity contribution is 6.01. The van der Waals surface area contributed by atoms with Crippen molar-refractivity contribution < 1.29 is 62.7 Å². The van der Waals surface area contributed by atoms with E-state index < -0.39 is 77.4 Å². The van der Waals surface area contributed by atoms with Crippen LogP contribution in [0.25, 0.3) is 22.8 Å². The number of nitrogens with one attached hydrogen (secondary N) is 3. The fourth-order valence-electron chi connectivity index (χ4n) is 11.9. The van der Waals surface area contributed by atoms with Gasteiger partial charge in [-0.2, -0.15) is 69.5 Å². The third-order valence-corrected chi connectivity index (χ3v) is 16.8. The van der Waals surface area contributed by atoms with Gasteiger partial charge in [-0.3, -0.25) is 14.4 Å². The number of alkyl halides is 9. The summed E-state index contributed by atoms with van der Waals surface area (Å²) >= 11 is 0. The second-order valence-electron chi connectivity index (χ2n) is 23.6. The number of halogens is 11. The number of aromatic nitrogens is 14. The van der Waals surface area contributed by atoms with Gasteiger partial charge in [0.2, 0.25) is 17.6 Å². The first-order valence-corrected chi connectivity index (χ1v) is 31.2. The molecule has 3 fully saturated rings. The Morgan fingerprint density at radius 2 is 0.970 bits per heavy atom. The minimum absolute atomic E-state index is 0.0371. The van der Waals surface area contributed by atoms with E-state index in [0.717, 1.165) is 28.7 Å². The van der Waals surface area contributed by atoms with Gasteiger partial charge < -0.3 is 30.7 Å². The second-order valence-corrected chi connectivity index (χ2v) is 23.6. The zero-order valence-electron chi connectivity index (χ0n) is 53.9. The Morgan fingerprint density at radius 3 is 1.48 bits per heavy atom. The van der Waals surface area contributed by atoms with E-state index in [1.165, 1.54) is 103 Å². The molecule has 12 rings (SSSR count). The molecule has 9 aromatic rings. The van der Waals surface area contributed by atoms with Gasteiger partial charge in [-0.15, -0.1) is 0 Å². The fraction of sp³-hybridized carbons (Fsp3) is 0.369. The maximum atomic E-state index is 14.7. The minimum atomic E-state index is -4.67. The second kappa shape index (κ2) is 30.0. The monoisotopic (exact) mass is 1380 g/mol. The lowest BCUT2D eigenvalue weighted by Crippen LogP contribution is -2.52. The smallest absolute Gasteiger partial charge is 0.365 e. The first-order chi connectivity index (χ1) is 47.0. The Labute approximate surface area is 558 Å². The van der Waals surface area contributed by atoms with E-state index in [4.69, 9.17) is 0 Å². The van der Waals surface area contributed by atoms with Crippen LogP contribution in [0.15, 0.2) is 122 Å². The zero-order valence-corrected chi connectivity index (χ0v) is 53.9. The van der Waals surface area contributed by atoms with Crippen molar-refractivity contribution in [2.75, 3.05) is 35.6 Å². The molecule has 3 aliphatic heterocycles. The van der Waals surface area contributed by atoms with Crippen LogP contribution in [-0.2, 0) is 18.5 Å². The number of hydrogen-bond acceptors (Lipinski definition) is 18. The first-order valence-electron chi connectivity index (χ1n) is 31.2. The van der Waals surface area contributed by atoms with Crippen LogP contribution < -0.4 is 16.0 Å². The maximum Gasteiger partial charge on any atom is 0.451 e. The normalized spacial score (nSPS) is 18.9. The number of anilines is 3. The van der Waals surface area contributed by atoms with Gasteiger partial charge >= 0.3 is 18.5 Å². The number of benzene rings is 3. The number of piperidine rings is 3. The summed E-state index contributed by atoms with van der Waals surface area (Å²) in [5.74, 6) is -4.59. The average Bonchev–Trinajstić information content (AvgIpc) is 1.54. The van der Waals surface area contributed by atoms with Crippen molar-refractivity contribution in [1.29, 1.82) is 0 Å². The summed E-state index contributed by atoms with van der Waals surface area (Å²) in [4.78, 5) is 77.7. The average molecular weight is 1380 g/mol. The maximum absolute atomic E-state index is 14.7. The fourth-order valence-corrected chi connectivity index (χ4v) is 11.9. The number of likely N-dealkylation sites (tertiary alicyclic amines) is 3. The molecule has 9 heterocycles. The van der Waals surface area contributed by atoms with Crippen LogP contribution >= 0.6 is 0 Å². The van der Waals surface area contributed by atoms with Crippen molar-refractivity contribution >= 4 is 35.3 Å². The Hall–Kier alpha value is -10.7. The molecule has 34 heteroatoms. The highest BCUT2D eigenvalue weighted by Crippen LogP contribution is 2.34. The molecule has 520 valence electrons. The molecule has 3 aliphatic rings. The third kappa shape index (κ3) is 17.0. The quantitative estimate of drug-likeness (QED) is 0.0960. The Bertz CT molecular complexity index is 4300. The minimum Gasteiger partial charge on any atom is -0.365 e. The number of hydrogen-bond donors (Lipinski definition) is 3. The molecule has 23 nitrogen and oxygen atoms in total. The van der Waals surface area contributed by atoms with Crippen LogP contribution in [-0.4, -0.2) is 158 Å². The molecule has 6 atom stereocenters. The third-order valence-electron chi connectivity index (χ3n) is 16.8. The van der Waals surface area contributed by atoms with Gasteiger partial charge in [-0.25, -0.2) is 48.7 Å². The van der Waals surface area contributed by atoms with Crippen LogP contribution in [0.5, 0.6) is 0 Å². The van der Waals surface area contributed by atoms with E-state index in [0.29, 0.717) is 80.8 Å². The Balaban J connectivity index is 0.000000161. The van der Waals surface area contributed by atoms with Crippen molar-refractivity contribution in [3.63, 3.8) is 0 Å². The van der Waals surface area contributed by atoms with Crippen molar-refractivity contribution in [3.05, 3.63) is 185 Å². The van der Waals surface area contributed by atoms with E-state index in [-0.39, 0.29) is 69.8 Å². The van der Waals surface area contributed by atoms with Crippen LogP contribution in [0.2, 0.25) is 0 Å². The Kier molecular flexibility index (Phi) is 21.5. The highest BCUT2D eigenvalue weighted by atomic mass is 19.4. The first kappa shape index (κ1) is 71.1.